The van der Waals surface area contributed by atoms with E-state index in [9.17, 15) is 24.3 Å². The van der Waals surface area contributed by atoms with E-state index in [1.54, 1.807) is 32.1 Å². The van der Waals surface area contributed by atoms with Crippen molar-refractivity contribution in [1.82, 2.24) is 5.32 Å². The summed E-state index contributed by atoms with van der Waals surface area (Å²) in [4.78, 5) is 50.6. The summed E-state index contributed by atoms with van der Waals surface area (Å²) in [5.41, 5.74) is 6.12. The van der Waals surface area contributed by atoms with E-state index in [-0.39, 0.29) is 34.9 Å². The van der Waals surface area contributed by atoms with Gasteiger partial charge in [-0.25, -0.2) is 4.79 Å². The molecule has 2 bridgehead atoms. The number of aliphatic hydroxyl groups excluding tert-OH is 1. The van der Waals surface area contributed by atoms with Gasteiger partial charge in [0.2, 0.25) is 11.6 Å². The molecule has 1 aliphatic carbocycles. The molecule has 1 aliphatic heterocycles. The summed E-state index contributed by atoms with van der Waals surface area (Å²) in [5.74, 6) is -2.39. The number of nitrogens with one attached hydrogen (secondary N) is 1. The maximum atomic E-state index is 13.3. The topological polar surface area (TPSA) is 163 Å². The highest BCUT2D eigenvalue weighted by Gasteiger charge is 2.34. The number of methoxy groups -OCH3 is 3. The van der Waals surface area contributed by atoms with Gasteiger partial charge in [-0.2, -0.15) is 0 Å². The molecular formula is C29H40N2O9. The number of fused-ring (bicyclic) bond motifs is 2. The molecule has 0 unspecified atom stereocenters. The molecule has 0 aromatic carbocycles. The highest BCUT2D eigenvalue weighted by molar-refractivity contribution is 6.23. The molecule has 6 atom stereocenters. The smallest absolute Gasteiger partial charge is 0.405 e. The van der Waals surface area contributed by atoms with E-state index in [1.807, 2.05) is 6.92 Å². The zero-order valence-corrected chi connectivity index (χ0v) is 24.1. The molecule has 0 spiro atoms. The van der Waals surface area contributed by atoms with Crippen LogP contribution in [0.1, 0.15) is 40.5 Å². The average molecular weight is 561 g/mol. The van der Waals surface area contributed by atoms with Crippen LogP contribution >= 0.6 is 0 Å². The lowest BCUT2D eigenvalue weighted by molar-refractivity contribution is -0.120. The Kier molecular flexibility index (Phi) is 12.0. The van der Waals surface area contributed by atoms with E-state index < -0.39 is 53.9 Å². The SMILES string of the molecule is COC1=C2C[C@H](C)C[C@H](OC)[C@H](O)[C@@H](C)/C=C(\C)[C@H](OC(N)=O)[C@@H](OC)/C=C/C=C(\C)C(=O)NC(=CC1=O)C2=O. The Morgan fingerprint density at radius 2 is 1.77 bits per heavy atom. The average Bonchev–Trinajstić information content (AvgIpc) is 2.90. The highest BCUT2D eigenvalue weighted by atomic mass is 16.6. The van der Waals surface area contributed by atoms with Crippen molar-refractivity contribution in [2.24, 2.45) is 17.6 Å². The molecule has 2 rings (SSSR count). The number of allylic oxidation sites excluding steroid dienone is 4. The summed E-state index contributed by atoms with van der Waals surface area (Å²) in [6.07, 6.45) is 3.61. The third kappa shape index (κ3) is 8.23. The molecule has 0 fully saturated rings. The molecular weight excluding hydrogens is 520 g/mol. The standard InChI is InChI=1S/C29H40N2O9/c1-15-11-19-25(34)20(14-21(32)27(19)39-7)31-28(35)16(2)9-8-10-22(37-5)26(40-29(30)36)18(4)13-17(3)24(33)23(12-15)38-6/h8-10,13-15,17,22-24,26,33H,11-12H2,1-7H3,(H2,30,36)(H,31,35)/b10-8+,16-9+,18-13+/t15-,17-,22-,23-,24+,26-/m0/s1. The molecule has 1 heterocycles. The molecule has 2 aliphatic rings. The maximum absolute atomic E-state index is 13.3. The normalized spacial score (nSPS) is 32.7. The number of ketones is 2. The van der Waals surface area contributed by atoms with Crippen LogP contribution in [0.15, 0.2) is 58.6 Å². The number of Topliss-reactive ketones (excluding diaryl/α,β-unsaturated/α-hetero) is 1. The maximum Gasteiger partial charge on any atom is 0.405 e. The quantitative estimate of drug-likeness (QED) is 0.346. The first-order chi connectivity index (χ1) is 18.8. The van der Waals surface area contributed by atoms with Crippen LogP contribution in [-0.2, 0) is 33.3 Å². The van der Waals surface area contributed by atoms with E-state index in [1.165, 1.54) is 34.3 Å². The second-order valence-corrected chi connectivity index (χ2v) is 10.1. The first-order valence-electron chi connectivity index (χ1n) is 13.0. The van der Waals surface area contributed by atoms with Gasteiger partial charge < -0.3 is 35.1 Å². The van der Waals surface area contributed by atoms with Crippen LogP contribution in [0.2, 0.25) is 0 Å². The fraction of sp³-hybridized carbons (Fsp3) is 0.517. The van der Waals surface area contributed by atoms with E-state index in [0.717, 1.165) is 6.08 Å². The minimum atomic E-state index is -1.00. The summed E-state index contributed by atoms with van der Waals surface area (Å²) in [7, 11) is 4.21. The summed E-state index contributed by atoms with van der Waals surface area (Å²) in [6, 6.07) is 0. The van der Waals surface area contributed by atoms with Crippen LogP contribution < -0.4 is 11.1 Å². The Morgan fingerprint density at radius 3 is 2.35 bits per heavy atom. The molecule has 0 saturated carbocycles. The molecule has 220 valence electrons. The Bertz CT molecular complexity index is 1150. The molecule has 0 aromatic heterocycles. The van der Waals surface area contributed by atoms with Crippen molar-refractivity contribution in [3.05, 3.63) is 58.6 Å². The molecule has 11 nitrogen and oxygen atoms in total. The van der Waals surface area contributed by atoms with Gasteiger partial charge >= 0.3 is 6.09 Å². The van der Waals surface area contributed by atoms with Crippen LogP contribution in [-0.4, -0.2) is 74.4 Å². The van der Waals surface area contributed by atoms with Crippen molar-refractivity contribution in [3.8, 4) is 0 Å². The van der Waals surface area contributed by atoms with E-state index in [0.29, 0.717) is 12.0 Å². The van der Waals surface area contributed by atoms with E-state index in [4.69, 9.17) is 24.7 Å². The zero-order valence-electron chi connectivity index (χ0n) is 24.1. The van der Waals surface area contributed by atoms with Crippen molar-refractivity contribution in [3.63, 3.8) is 0 Å². The van der Waals surface area contributed by atoms with Crippen LogP contribution in [0.5, 0.6) is 0 Å². The van der Waals surface area contributed by atoms with Gasteiger partial charge in [0.1, 0.15) is 6.10 Å². The van der Waals surface area contributed by atoms with Gasteiger partial charge in [0.25, 0.3) is 5.91 Å². The predicted molar refractivity (Wildman–Crippen MR) is 147 cm³/mol. The third-order valence-corrected chi connectivity index (χ3v) is 6.95. The van der Waals surface area contributed by atoms with Crippen molar-refractivity contribution in [1.29, 1.82) is 0 Å². The van der Waals surface area contributed by atoms with Gasteiger partial charge in [-0.1, -0.05) is 38.2 Å². The predicted octanol–water partition coefficient (Wildman–Crippen LogP) is 2.41. The van der Waals surface area contributed by atoms with Crippen molar-refractivity contribution in [2.45, 2.75) is 65.0 Å². The monoisotopic (exact) mass is 560 g/mol. The van der Waals surface area contributed by atoms with E-state index >= 15 is 0 Å². The fourth-order valence-electron chi connectivity index (χ4n) is 4.78. The van der Waals surface area contributed by atoms with Gasteiger partial charge in [-0.15, -0.1) is 0 Å². The summed E-state index contributed by atoms with van der Waals surface area (Å²) >= 11 is 0. The molecule has 4 N–H and O–H groups in total. The minimum absolute atomic E-state index is 0.0801. The number of aliphatic hydroxyl groups is 1. The second kappa shape index (κ2) is 14.7. The first kappa shape index (κ1) is 32.7. The summed E-state index contributed by atoms with van der Waals surface area (Å²) in [6.45, 7) is 6.92. The number of nitrogens with two attached hydrogens (primary N) is 1. The number of primary amides is 1. The van der Waals surface area contributed by atoms with Crippen LogP contribution in [0.3, 0.4) is 0 Å². The summed E-state index contributed by atoms with van der Waals surface area (Å²) in [5, 5.41) is 13.7. The van der Waals surface area contributed by atoms with Gasteiger partial charge in [0, 0.05) is 37.4 Å². The minimum Gasteiger partial charge on any atom is -0.492 e. The Balaban J connectivity index is 2.60. The Hall–Kier alpha value is -3.54. The molecule has 0 saturated heterocycles. The number of hydrogen-bond donors (Lipinski definition) is 3. The molecule has 11 heteroatoms. The van der Waals surface area contributed by atoms with Gasteiger partial charge in [-0.05, 0) is 38.2 Å². The van der Waals surface area contributed by atoms with Crippen molar-refractivity contribution < 1.29 is 43.2 Å². The number of ether oxygens (including phenoxy) is 4. The number of amides is 2. The number of carbonyl (C=O) groups is 4. The van der Waals surface area contributed by atoms with Crippen LogP contribution in [0.4, 0.5) is 4.79 Å². The Morgan fingerprint density at radius 1 is 1.10 bits per heavy atom. The number of hydrogen-bond acceptors (Lipinski definition) is 9. The highest BCUT2D eigenvalue weighted by Crippen LogP contribution is 2.29. The van der Waals surface area contributed by atoms with E-state index in [2.05, 4.69) is 5.32 Å². The molecule has 0 radical (unpaired) electrons. The number of rotatable bonds is 4. The van der Waals surface area contributed by atoms with Crippen LogP contribution in [0.25, 0.3) is 0 Å². The molecule has 2 amide bonds. The molecule has 40 heavy (non-hydrogen) atoms. The van der Waals surface area contributed by atoms with Gasteiger partial charge in [-0.3, -0.25) is 14.4 Å². The number of carbonyl (C=O) groups excluding carboxylic acids is 4. The lowest BCUT2D eigenvalue weighted by Crippen LogP contribution is -2.37. The Labute approximate surface area is 234 Å². The van der Waals surface area contributed by atoms with Crippen LogP contribution in [0, 0.1) is 11.8 Å². The van der Waals surface area contributed by atoms with Crippen molar-refractivity contribution >= 4 is 23.6 Å². The lowest BCUT2D eigenvalue weighted by Gasteiger charge is -2.29. The lowest BCUT2D eigenvalue weighted by atomic mass is 9.85. The van der Waals surface area contributed by atoms with Gasteiger partial charge in [0.05, 0.1) is 25.0 Å². The zero-order chi connectivity index (χ0) is 30.1. The second-order valence-electron chi connectivity index (χ2n) is 10.1. The fourth-order valence-corrected chi connectivity index (χ4v) is 4.78. The summed E-state index contributed by atoms with van der Waals surface area (Å²) < 4.78 is 21.7. The largest absolute Gasteiger partial charge is 0.492 e. The van der Waals surface area contributed by atoms with Gasteiger partial charge in [0.15, 0.2) is 11.9 Å². The third-order valence-electron chi connectivity index (χ3n) is 6.95. The molecule has 0 aromatic rings. The van der Waals surface area contributed by atoms with Crippen molar-refractivity contribution in [2.75, 3.05) is 21.3 Å². The first-order valence-corrected chi connectivity index (χ1v) is 13.0.